The minimum Gasteiger partial charge on any atom is -0.480 e. The Kier molecular flexibility index (Phi) is 6.79. The van der Waals surface area contributed by atoms with E-state index < -0.39 is 18.1 Å². The molecule has 5 nitrogen and oxygen atoms in total. The molecule has 0 bridgehead atoms. The van der Waals surface area contributed by atoms with Gasteiger partial charge in [0.15, 0.2) is 0 Å². The van der Waals surface area contributed by atoms with E-state index in [0.29, 0.717) is 6.42 Å². The van der Waals surface area contributed by atoms with E-state index >= 15 is 0 Å². The number of hydrogen-bond donors (Lipinski definition) is 1. The number of hydrogen-bond acceptors (Lipinski definition) is 3. The average Bonchev–Trinajstić information content (AvgIpc) is 3.10. The molecule has 132 valence electrons. The van der Waals surface area contributed by atoms with E-state index in [1.54, 1.807) is 7.05 Å². The minimum absolute atomic E-state index is 0.129. The molecule has 0 aliphatic heterocycles. The van der Waals surface area contributed by atoms with Crippen molar-refractivity contribution in [2.24, 2.45) is 0 Å². The molecule has 2 unspecified atom stereocenters. The number of rotatable bonds is 8. The fraction of sp³-hybridized carbons (Fsp3) is 0.579. The van der Waals surface area contributed by atoms with Crippen molar-refractivity contribution in [3.8, 4) is 0 Å². The zero-order valence-corrected chi connectivity index (χ0v) is 14.5. The van der Waals surface area contributed by atoms with Crippen LogP contribution in [0.25, 0.3) is 0 Å². The number of benzene rings is 1. The maximum atomic E-state index is 12.7. The number of carbonyl (C=O) groups is 2. The zero-order chi connectivity index (χ0) is 17.5. The monoisotopic (exact) mass is 333 g/mol. The lowest BCUT2D eigenvalue weighted by Gasteiger charge is -2.29. The molecule has 5 heteroatoms. The van der Waals surface area contributed by atoms with Gasteiger partial charge in [-0.1, -0.05) is 50.1 Å². The summed E-state index contributed by atoms with van der Waals surface area (Å²) in [5.74, 6) is -1.24. The molecule has 1 aromatic rings. The second-order valence-corrected chi connectivity index (χ2v) is 6.43. The normalized spacial score (nSPS) is 17.4. The lowest BCUT2D eigenvalue weighted by atomic mass is 10.0. The fourth-order valence-corrected chi connectivity index (χ4v) is 3.19. The molecule has 1 N–H and O–H groups in total. The Labute approximate surface area is 143 Å². The van der Waals surface area contributed by atoms with Crippen molar-refractivity contribution in [2.75, 3.05) is 7.05 Å². The largest absolute Gasteiger partial charge is 0.480 e. The summed E-state index contributed by atoms with van der Waals surface area (Å²) in [5, 5.41) is 9.56. The second kappa shape index (κ2) is 8.83. The molecule has 0 heterocycles. The van der Waals surface area contributed by atoms with Crippen molar-refractivity contribution in [3.05, 3.63) is 35.9 Å². The molecule has 24 heavy (non-hydrogen) atoms. The van der Waals surface area contributed by atoms with Crippen LogP contribution in [0, 0.1) is 0 Å². The van der Waals surface area contributed by atoms with E-state index in [1.807, 2.05) is 37.3 Å². The maximum Gasteiger partial charge on any atom is 0.326 e. The molecule has 0 saturated heterocycles. The molecular weight excluding hydrogens is 306 g/mol. The lowest BCUT2D eigenvalue weighted by molar-refractivity contribution is -0.156. The van der Waals surface area contributed by atoms with Crippen LogP contribution in [0.2, 0.25) is 0 Å². The van der Waals surface area contributed by atoms with E-state index in [1.165, 1.54) is 4.90 Å². The van der Waals surface area contributed by atoms with Gasteiger partial charge in [-0.15, -0.1) is 0 Å². The molecule has 1 aromatic carbocycles. The summed E-state index contributed by atoms with van der Waals surface area (Å²) >= 11 is 0. The highest BCUT2D eigenvalue weighted by Gasteiger charge is 2.32. The van der Waals surface area contributed by atoms with Crippen molar-refractivity contribution in [3.63, 3.8) is 0 Å². The van der Waals surface area contributed by atoms with Crippen LogP contribution in [-0.2, 0) is 20.7 Å². The number of carbonyl (C=O) groups excluding carboxylic acids is 1. The van der Waals surface area contributed by atoms with Crippen molar-refractivity contribution in [2.45, 2.75) is 63.7 Å². The highest BCUT2D eigenvalue weighted by atomic mass is 16.5. The predicted octanol–water partition coefficient (Wildman–Crippen LogP) is 2.88. The van der Waals surface area contributed by atoms with Gasteiger partial charge in [-0.05, 0) is 24.8 Å². The minimum atomic E-state index is -0.995. The first-order valence-corrected chi connectivity index (χ1v) is 8.71. The van der Waals surface area contributed by atoms with Gasteiger partial charge in [0, 0.05) is 13.5 Å². The molecule has 0 radical (unpaired) electrons. The van der Waals surface area contributed by atoms with Crippen molar-refractivity contribution in [1.29, 1.82) is 0 Å². The van der Waals surface area contributed by atoms with Crippen molar-refractivity contribution < 1.29 is 19.4 Å². The van der Waals surface area contributed by atoms with Gasteiger partial charge in [0.1, 0.15) is 12.1 Å². The molecule has 0 aromatic heterocycles. The summed E-state index contributed by atoms with van der Waals surface area (Å²) in [7, 11) is 1.56. The van der Waals surface area contributed by atoms with Gasteiger partial charge in [-0.25, -0.2) is 4.79 Å². The Bertz CT molecular complexity index is 540. The first-order chi connectivity index (χ1) is 11.5. The molecule has 2 atom stereocenters. The Morgan fingerprint density at radius 1 is 1.25 bits per heavy atom. The summed E-state index contributed by atoms with van der Waals surface area (Å²) in [4.78, 5) is 25.7. The fourth-order valence-electron chi connectivity index (χ4n) is 3.19. The third-order valence-corrected chi connectivity index (χ3v) is 4.68. The van der Waals surface area contributed by atoms with E-state index in [-0.39, 0.29) is 18.4 Å². The first kappa shape index (κ1) is 18.5. The Hall–Kier alpha value is -1.88. The Morgan fingerprint density at radius 3 is 2.42 bits per heavy atom. The number of likely N-dealkylation sites (N-methyl/N-ethyl adjacent to an activating group) is 1. The van der Waals surface area contributed by atoms with Crippen LogP contribution >= 0.6 is 0 Å². The van der Waals surface area contributed by atoms with Gasteiger partial charge in [0.05, 0.1) is 6.10 Å². The quantitative estimate of drug-likeness (QED) is 0.794. The van der Waals surface area contributed by atoms with Crippen LogP contribution < -0.4 is 0 Å². The standard InChI is InChI=1S/C19H27NO4/c1-3-17(24-15-11-7-8-12-15)18(21)20(2)16(19(22)23)13-14-9-5-4-6-10-14/h4-6,9-10,15-17H,3,7-8,11-13H2,1-2H3,(H,22,23). The number of ether oxygens (including phenoxy) is 1. The van der Waals surface area contributed by atoms with E-state index in [4.69, 9.17) is 4.74 Å². The van der Waals surface area contributed by atoms with Crippen LogP contribution in [0.3, 0.4) is 0 Å². The smallest absolute Gasteiger partial charge is 0.326 e. The highest BCUT2D eigenvalue weighted by Crippen LogP contribution is 2.24. The lowest BCUT2D eigenvalue weighted by Crippen LogP contribution is -2.49. The number of carboxylic acids is 1. The summed E-state index contributed by atoms with van der Waals surface area (Å²) in [6.07, 6.45) is 4.66. The van der Waals surface area contributed by atoms with E-state index in [2.05, 4.69) is 0 Å². The third-order valence-electron chi connectivity index (χ3n) is 4.68. The number of nitrogens with zero attached hydrogens (tertiary/aromatic N) is 1. The van der Waals surface area contributed by atoms with Gasteiger partial charge in [-0.2, -0.15) is 0 Å². The summed E-state index contributed by atoms with van der Waals surface area (Å²) in [5.41, 5.74) is 0.898. The molecule has 1 aliphatic rings. The van der Waals surface area contributed by atoms with Gasteiger partial charge in [0.2, 0.25) is 0 Å². The molecule has 1 saturated carbocycles. The third kappa shape index (κ3) is 4.81. The molecular formula is C19H27NO4. The summed E-state index contributed by atoms with van der Waals surface area (Å²) in [6, 6.07) is 8.49. The average molecular weight is 333 g/mol. The maximum absolute atomic E-state index is 12.7. The van der Waals surface area contributed by atoms with Crippen LogP contribution in [0.4, 0.5) is 0 Å². The van der Waals surface area contributed by atoms with Crippen LogP contribution in [0.1, 0.15) is 44.6 Å². The van der Waals surface area contributed by atoms with Gasteiger partial charge in [0.25, 0.3) is 5.91 Å². The first-order valence-electron chi connectivity index (χ1n) is 8.71. The van der Waals surface area contributed by atoms with Gasteiger partial charge < -0.3 is 14.7 Å². The van der Waals surface area contributed by atoms with Crippen LogP contribution in [-0.4, -0.2) is 47.2 Å². The molecule has 1 amide bonds. The summed E-state index contributed by atoms with van der Waals surface area (Å²) in [6.45, 7) is 1.90. The van der Waals surface area contributed by atoms with Crippen LogP contribution in [0.5, 0.6) is 0 Å². The molecule has 1 aliphatic carbocycles. The highest BCUT2D eigenvalue weighted by molar-refractivity contribution is 5.86. The molecule has 1 fully saturated rings. The van der Waals surface area contributed by atoms with E-state index in [9.17, 15) is 14.7 Å². The van der Waals surface area contributed by atoms with E-state index in [0.717, 1.165) is 31.2 Å². The SMILES string of the molecule is CCC(OC1CCCC1)C(=O)N(C)C(Cc1ccccc1)C(=O)O. The molecule has 0 spiro atoms. The van der Waals surface area contributed by atoms with Crippen LogP contribution in [0.15, 0.2) is 30.3 Å². The van der Waals surface area contributed by atoms with Crippen molar-refractivity contribution in [1.82, 2.24) is 4.90 Å². The second-order valence-electron chi connectivity index (χ2n) is 6.43. The van der Waals surface area contributed by atoms with Gasteiger partial charge in [-0.3, -0.25) is 4.79 Å². The Balaban J connectivity index is 2.04. The Morgan fingerprint density at radius 2 is 1.88 bits per heavy atom. The predicted molar refractivity (Wildman–Crippen MR) is 91.8 cm³/mol. The molecule has 2 rings (SSSR count). The van der Waals surface area contributed by atoms with Gasteiger partial charge >= 0.3 is 5.97 Å². The zero-order valence-electron chi connectivity index (χ0n) is 14.5. The number of carboxylic acid groups (broad SMARTS) is 1. The number of aliphatic carboxylic acids is 1. The van der Waals surface area contributed by atoms with Crippen molar-refractivity contribution >= 4 is 11.9 Å². The topological polar surface area (TPSA) is 66.8 Å². The summed E-state index contributed by atoms with van der Waals surface area (Å²) < 4.78 is 5.94. The number of amides is 1.